The Labute approximate surface area is 111 Å². The summed E-state index contributed by atoms with van der Waals surface area (Å²) in [6, 6.07) is 0. The average molecular weight is 256 g/mol. The zero-order valence-corrected chi connectivity index (χ0v) is 12.3. The van der Waals surface area contributed by atoms with Crippen LogP contribution in [0.15, 0.2) is 0 Å². The summed E-state index contributed by atoms with van der Waals surface area (Å²) < 4.78 is 4.91. The molecule has 0 amide bonds. The number of piperidine rings is 1. The summed E-state index contributed by atoms with van der Waals surface area (Å²) in [6.07, 6.45) is 2.57. The van der Waals surface area contributed by atoms with Crippen molar-refractivity contribution in [3.63, 3.8) is 0 Å². The lowest BCUT2D eigenvalue weighted by Crippen LogP contribution is -2.44. The average Bonchev–Trinajstić information content (AvgIpc) is 2.29. The fourth-order valence-corrected chi connectivity index (χ4v) is 2.65. The fourth-order valence-electron chi connectivity index (χ4n) is 2.65. The number of nitrogens with zero attached hydrogens (tertiary/aromatic N) is 1. The highest BCUT2D eigenvalue weighted by atomic mass is 16.5. The van der Waals surface area contributed by atoms with Gasteiger partial charge >= 0.3 is 5.97 Å². The highest BCUT2D eigenvalue weighted by Gasteiger charge is 2.31. The van der Waals surface area contributed by atoms with E-state index in [0.717, 1.165) is 13.1 Å². The second-order valence-corrected chi connectivity index (χ2v) is 6.00. The molecule has 18 heavy (non-hydrogen) atoms. The van der Waals surface area contributed by atoms with Crippen LogP contribution in [0.4, 0.5) is 0 Å². The van der Waals surface area contributed by atoms with Gasteiger partial charge in [0.25, 0.3) is 0 Å². The molecule has 106 valence electrons. The number of hydrogen-bond acceptors (Lipinski definition) is 4. The van der Waals surface area contributed by atoms with Crippen molar-refractivity contribution in [3.8, 4) is 0 Å². The first-order chi connectivity index (χ1) is 8.45. The van der Waals surface area contributed by atoms with Gasteiger partial charge in [-0.2, -0.15) is 0 Å². The van der Waals surface area contributed by atoms with Crippen molar-refractivity contribution in [2.24, 2.45) is 11.3 Å². The SMILES string of the molecule is CCOC(=O)CNCC(C)(C)C1CCCN(C)C1. The van der Waals surface area contributed by atoms with Gasteiger partial charge in [0, 0.05) is 13.1 Å². The van der Waals surface area contributed by atoms with Crippen molar-refractivity contribution in [2.45, 2.75) is 33.6 Å². The lowest BCUT2D eigenvalue weighted by molar-refractivity contribution is -0.142. The van der Waals surface area contributed by atoms with Gasteiger partial charge in [-0.25, -0.2) is 0 Å². The molecule has 1 aliphatic heterocycles. The molecule has 1 fully saturated rings. The van der Waals surface area contributed by atoms with Crippen molar-refractivity contribution in [1.82, 2.24) is 10.2 Å². The molecular weight excluding hydrogens is 228 g/mol. The Morgan fingerprint density at radius 1 is 1.50 bits per heavy atom. The molecule has 0 saturated carbocycles. The van der Waals surface area contributed by atoms with E-state index >= 15 is 0 Å². The van der Waals surface area contributed by atoms with Crippen LogP contribution in [0.3, 0.4) is 0 Å². The minimum absolute atomic E-state index is 0.158. The first-order valence-corrected chi connectivity index (χ1v) is 7.00. The third-order valence-electron chi connectivity index (χ3n) is 3.88. The lowest BCUT2D eigenvalue weighted by atomic mass is 9.74. The molecule has 1 heterocycles. The van der Waals surface area contributed by atoms with Crippen LogP contribution in [-0.2, 0) is 9.53 Å². The Kier molecular flexibility index (Phi) is 6.09. The fraction of sp³-hybridized carbons (Fsp3) is 0.929. The van der Waals surface area contributed by atoms with Gasteiger partial charge in [0.2, 0.25) is 0 Å². The number of carbonyl (C=O) groups is 1. The van der Waals surface area contributed by atoms with E-state index in [0.29, 0.717) is 19.1 Å². The lowest BCUT2D eigenvalue weighted by Gasteiger charge is -2.40. The maximum absolute atomic E-state index is 11.3. The van der Waals surface area contributed by atoms with Gasteiger partial charge < -0.3 is 15.0 Å². The quantitative estimate of drug-likeness (QED) is 0.731. The molecule has 4 heteroatoms. The van der Waals surface area contributed by atoms with Gasteiger partial charge in [-0.05, 0) is 44.7 Å². The second kappa shape index (κ2) is 7.10. The Morgan fingerprint density at radius 2 is 2.22 bits per heavy atom. The minimum Gasteiger partial charge on any atom is -0.465 e. The van der Waals surface area contributed by atoms with Crippen LogP contribution < -0.4 is 5.32 Å². The number of carbonyl (C=O) groups excluding carboxylic acids is 1. The van der Waals surface area contributed by atoms with Crippen LogP contribution in [-0.4, -0.2) is 50.7 Å². The Hall–Kier alpha value is -0.610. The summed E-state index contributed by atoms with van der Waals surface area (Å²) >= 11 is 0. The molecule has 0 aromatic heterocycles. The zero-order chi connectivity index (χ0) is 13.6. The summed E-state index contributed by atoms with van der Waals surface area (Å²) in [7, 11) is 2.19. The van der Waals surface area contributed by atoms with E-state index in [9.17, 15) is 4.79 Å². The van der Waals surface area contributed by atoms with Crippen molar-refractivity contribution < 1.29 is 9.53 Å². The molecule has 1 N–H and O–H groups in total. The van der Waals surface area contributed by atoms with Crippen molar-refractivity contribution >= 4 is 5.97 Å². The predicted molar refractivity (Wildman–Crippen MR) is 73.5 cm³/mol. The number of hydrogen-bond donors (Lipinski definition) is 1. The monoisotopic (exact) mass is 256 g/mol. The Morgan fingerprint density at radius 3 is 2.83 bits per heavy atom. The maximum atomic E-state index is 11.3. The molecule has 1 atom stereocenters. The van der Waals surface area contributed by atoms with E-state index in [1.807, 2.05) is 6.92 Å². The number of rotatable bonds is 6. The van der Waals surface area contributed by atoms with Gasteiger partial charge in [-0.1, -0.05) is 13.8 Å². The largest absolute Gasteiger partial charge is 0.465 e. The summed E-state index contributed by atoms with van der Waals surface area (Å²) in [6.45, 7) is 10.4. The van der Waals surface area contributed by atoms with Gasteiger partial charge in [-0.3, -0.25) is 4.79 Å². The van der Waals surface area contributed by atoms with Gasteiger partial charge in [-0.15, -0.1) is 0 Å². The molecule has 0 spiro atoms. The highest BCUT2D eigenvalue weighted by molar-refractivity contribution is 5.71. The number of esters is 1. The van der Waals surface area contributed by atoms with Crippen LogP contribution in [0.1, 0.15) is 33.6 Å². The summed E-state index contributed by atoms with van der Waals surface area (Å²) in [5, 5.41) is 3.23. The van der Waals surface area contributed by atoms with Crippen molar-refractivity contribution in [1.29, 1.82) is 0 Å². The van der Waals surface area contributed by atoms with Crippen LogP contribution in [0, 0.1) is 11.3 Å². The normalized spacial score (nSPS) is 21.9. The molecule has 0 radical (unpaired) electrons. The second-order valence-electron chi connectivity index (χ2n) is 6.00. The molecule has 0 aliphatic carbocycles. The number of likely N-dealkylation sites (tertiary alicyclic amines) is 1. The summed E-state index contributed by atoms with van der Waals surface area (Å²) in [4.78, 5) is 13.7. The smallest absolute Gasteiger partial charge is 0.319 e. The van der Waals surface area contributed by atoms with Crippen LogP contribution >= 0.6 is 0 Å². The highest BCUT2D eigenvalue weighted by Crippen LogP contribution is 2.32. The molecule has 0 bridgehead atoms. The standard InChI is InChI=1S/C14H28N2O2/c1-5-18-13(17)9-15-11-14(2,3)12-7-6-8-16(4)10-12/h12,15H,5-11H2,1-4H3. The third kappa shape index (κ3) is 4.94. The van der Waals surface area contributed by atoms with Gasteiger partial charge in [0.1, 0.15) is 0 Å². The van der Waals surface area contributed by atoms with Crippen LogP contribution in [0.2, 0.25) is 0 Å². The summed E-state index contributed by atoms with van der Waals surface area (Å²) in [5.41, 5.74) is 0.223. The third-order valence-corrected chi connectivity index (χ3v) is 3.88. The minimum atomic E-state index is -0.158. The van der Waals surface area contributed by atoms with Crippen LogP contribution in [0.25, 0.3) is 0 Å². The maximum Gasteiger partial charge on any atom is 0.319 e. The molecule has 1 rings (SSSR count). The van der Waals surface area contributed by atoms with E-state index in [4.69, 9.17) is 4.74 Å². The van der Waals surface area contributed by atoms with Crippen LogP contribution in [0.5, 0.6) is 0 Å². The van der Waals surface area contributed by atoms with E-state index in [2.05, 4.69) is 31.1 Å². The molecule has 4 nitrogen and oxygen atoms in total. The molecular formula is C14H28N2O2. The Balaban J connectivity index is 2.32. The van der Waals surface area contributed by atoms with Gasteiger partial charge in [0.15, 0.2) is 0 Å². The zero-order valence-electron chi connectivity index (χ0n) is 12.3. The van der Waals surface area contributed by atoms with Crippen molar-refractivity contribution in [2.75, 3.05) is 39.8 Å². The van der Waals surface area contributed by atoms with E-state index in [1.165, 1.54) is 19.4 Å². The topological polar surface area (TPSA) is 41.6 Å². The molecule has 1 saturated heterocycles. The Bertz CT molecular complexity index is 267. The molecule has 0 aromatic rings. The molecule has 1 unspecified atom stereocenters. The van der Waals surface area contributed by atoms with Gasteiger partial charge in [0.05, 0.1) is 13.2 Å². The number of ether oxygens (including phenoxy) is 1. The van der Waals surface area contributed by atoms with E-state index < -0.39 is 0 Å². The van der Waals surface area contributed by atoms with Crippen molar-refractivity contribution in [3.05, 3.63) is 0 Å². The summed E-state index contributed by atoms with van der Waals surface area (Å²) in [5.74, 6) is 0.542. The first-order valence-electron chi connectivity index (χ1n) is 7.00. The molecule has 1 aliphatic rings. The number of nitrogens with one attached hydrogen (secondary N) is 1. The first kappa shape index (κ1) is 15.4. The predicted octanol–water partition coefficient (Wildman–Crippen LogP) is 1.51. The van der Waals surface area contributed by atoms with E-state index in [-0.39, 0.29) is 11.4 Å². The van der Waals surface area contributed by atoms with E-state index in [1.54, 1.807) is 0 Å². The molecule has 0 aromatic carbocycles.